The second-order valence-corrected chi connectivity index (χ2v) is 7.91. The summed E-state index contributed by atoms with van der Waals surface area (Å²) in [6.07, 6.45) is 1.43. The zero-order valence-corrected chi connectivity index (χ0v) is 18.0. The van der Waals surface area contributed by atoms with Gasteiger partial charge in [0.25, 0.3) is 0 Å². The number of carbonyl (C=O) groups is 3. The average Bonchev–Trinajstić information content (AvgIpc) is 3.21. The van der Waals surface area contributed by atoms with Gasteiger partial charge in [0.1, 0.15) is 6.61 Å². The van der Waals surface area contributed by atoms with Crippen LogP contribution in [0.15, 0.2) is 35.7 Å². The summed E-state index contributed by atoms with van der Waals surface area (Å²) in [6, 6.07) is 9.01. The van der Waals surface area contributed by atoms with E-state index in [9.17, 15) is 14.4 Å². The molecule has 1 unspecified atom stereocenters. The van der Waals surface area contributed by atoms with Gasteiger partial charge in [-0.1, -0.05) is 18.2 Å². The average molecular weight is 431 g/mol. The number of thiazole rings is 1. The number of urea groups is 1. The third-order valence-corrected chi connectivity index (χ3v) is 5.81. The van der Waals surface area contributed by atoms with Gasteiger partial charge in [0.05, 0.1) is 11.6 Å². The lowest BCUT2D eigenvalue weighted by Gasteiger charge is -2.31. The van der Waals surface area contributed by atoms with Gasteiger partial charge in [0, 0.05) is 37.6 Å². The van der Waals surface area contributed by atoms with Crippen LogP contribution in [0.25, 0.3) is 0 Å². The molecular formula is C21H26N4O4S. The Morgan fingerprint density at radius 1 is 1.30 bits per heavy atom. The molecule has 1 N–H and O–H groups in total. The van der Waals surface area contributed by atoms with E-state index >= 15 is 0 Å². The first-order chi connectivity index (χ1) is 14.5. The second kappa shape index (κ2) is 10.2. The largest absolute Gasteiger partial charge is 0.459 e. The number of nitrogens with one attached hydrogen (secondary N) is 1. The number of piperidine rings is 1. The van der Waals surface area contributed by atoms with Crippen LogP contribution in [0.3, 0.4) is 0 Å². The quantitative estimate of drug-likeness (QED) is 0.708. The highest BCUT2D eigenvalue weighted by Crippen LogP contribution is 2.23. The molecule has 0 saturated carbocycles. The van der Waals surface area contributed by atoms with E-state index in [2.05, 4.69) is 10.3 Å². The summed E-state index contributed by atoms with van der Waals surface area (Å²) in [5.74, 6) is -0.769. The molecule has 8 nitrogen and oxygen atoms in total. The van der Waals surface area contributed by atoms with Crippen LogP contribution in [0.2, 0.25) is 0 Å². The number of likely N-dealkylation sites (tertiary alicyclic amines) is 1. The zero-order chi connectivity index (χ0) is 21.5. The van der Waals surface area contributed by atoms with Crippen LogP contribution >= 0.6 is 11.3 Å². The molecule has 1 aliphatic rings. The van der Waals surface area contributed by atoms with Crippen LogP contribution in [-0.4, -0.2) is 47.4 Å². The number of carbonyl (C=O) groups excluding carboxylic acids is 3. The third-order valence-electron chi connectivity index (χ3n) is 4.90. The fourth-order valence-electron chi connectivity index (χ4n) is 3.32. The zero-order valence-electron chi connectivity index (χ0n) is 17.2. The maximum atomic E-state index is 12.5. The van der Waals surface area contributed by atoms with E-state index in [0.29, 0.717) is 36.9 Å². The summed E-state index contributed by atoms with van der Waals surface area (Å²) in [5, 5.41) is 5.23. The van der Waals surface area contributed by atoms with Crippen molar-refractivity contribution in [1.82, 2.24) is 9.88 Å². The molecule has 0 bridgehead atoms. The molecule has 3 rings (SSSR count). The Labute approximate surface area is 179 Å². The van der Waals surface area contributed by atoms with Gasteiger partial charge in [0.2, 0.25) is 5.91 Å². The molecule has 1 aliphatic heterocycles. The number of para-hydroxylation sites is 1. The number of amides is 3. The van der Waals surface area contributed by atoms with E-state index < -0.39 is 0 Å². The van der Waals surface area contributed by atoms with Crippen LogP contribution in [0, 0.1) is 5.92 Å². The van der Waals surface area contributed by atoms with Crippen molar-refractivity contribution in [3.63, 3.8) is 0 Å². The van der Waals surface area contributed by atoms with Crippen molar-refractivity contribution < 1.29 is 19.1 Å². The van der Waals surface area contributed by atoms with Crippen LogP contribution < -0.4 is 10.2 Å². The number of aromatic nitrogens is 1. The number of esters is 1. The van der Waals surface area contributed by atoms with Gasteiger partial charge in [-0.05, 0) is 31.9 Å². The van der Waals surface area contributed by atoms with Gasteiger partial charge in [-0.3, -0.25) is 14.5 Å². The van der Waals surface area contributed by atoms with E-state index in [1.165, 1.54) is 18.3 Å². The van der Waals surface area contributed by atoms with Gasteiger partial charge in [-0.25, -0.2) is 9.78 Å². The summed E-state index contributed by atoms with van der Waals surface area (Å²) in [6.45, 7) is 4.89. The molecule has 1 saturated heterocycles. The van der Waals surface area contributed by atoms with E-state index in [1.807, 2.05) is 37.3 Å². The monoisotopic (exact) mass is 430 g/mol. The first-order valence-electron chi connectivity index (χ1n) is 9.98. The normalized spacial score (nSPS) is 16.1. The fraction of sp³-hybridized carbons (Fsp3) is 0.429. The minimum atomic E-state index is -0.359. The lowest BCUT2D eigenvalue weighted by atomic mass is 9.98. The first kappa shape index (κ1) is 21.8. The molecule has 0 spiro atoms. The maximum absolute atomic E-state index is 12.5. The number of hydrogen-bond donors (Lipinski definition) is 1. The van der Waals surface area contributed by atoms with Gasteiger partial charge >= 0.3 is 12.0 Å². The standard InChI is InChI=1S/C21H26N4O4S/c1-3-25(15(2)26)21-23-18(14-30-21)13-29-19(27)16-8-7-11-24(12-16)20(28)22-17-9-5-4-6-10-17/h4-6,9-10,14,16H,3,7-8,11-13H2,1-2H3,(H,22,28). The van der Waals surface area contributed by atoms with Crippen molar-refractivity contribution in [3.05, 3.63) is 41.4 Å². The number of rotatable bonds is 6. The Bertz CT molecular complexity index is 886. The molecule has 1 aromatic heterocycles. The Morgan fingerprint density at radius 3 is 2.77 bits per heavy atom. The van der Waals surface area contributed by atoms with Crippen LogP contribution in [0.1, 0.15) is 32.4 Å². The molecule has 1 aromatic carbocycles. The van der Waals surface area contributed by atoms with Gasteiger partial charge in [0.15, 0.2) is 5.13 Å². The van der Waals surface area contributed by atoms with Gasteiger partial charge < -0.3 is 15.0 Å². The Balaban J connectivity index is 1.51. The smallest absolute Gasteiger partial charge is 0.321 e. The molecular weight excluding hydrogens is 404 g/mol. The molecule has 2 aromatic rings. The SMILES string of the molecule is CCN(C(C)=O)c1nc(COC(=O)C2CCCN(C(=O)Nc3ccccc3)C2)cs1. The predicted octanol–water partition coefficient (Wildman–Crippen LogP) is 3.50. The van der Waals surface area contributed by atoms with E-state index in [4.69, 9.17) is 4.74 Å². The van der Waals surface area contributed by atoms with Gasteiger partial charge in [-0.2, -0.15) is 0 Å². The molecule has 30 heavy (non-hydrogen) atoms. The van der Waals surface area contributed by atoms with Crippen molar-refractivity contribution in [2.75, 3.05) is 29.9 Å². The molecule has 1 fully saturated rings. The number of hydrogen-bond acceptors (Lipinski definition) is 6. The predicted molar refractivity (Wildman–Crippen MR) is 115 cm³/mol. The summed E-state index contributed by atoms with van der Waals surface area (Å²) in [5.41, 5.74) is 1.33. The molecule has 1 atom stereocenters. The topological polar surface area (TPSA) is 91.8 Å². The van der Waals surface area contributed by atoms with E-state index in [0.717, 1.165) is 12.1 Å². The lowest BCUT2D eigenvalue weighted by Crippen LogP contribution is -2.44. The number of nitrogens with zero attached hydrogens (tertiary/aromatic N) is 3. The van der Waals surface area contributed by atoms with Gasteiger partial charge in [-0.15, -0.1) is 11.3 Å². The Hall–Kier alpha value is -2.94. The second-order valence-electron chi connectivity index (χ2n) is 7.07. The highest BCUT2D eigenvalue weighted by atomic mass is 32.1. The van der Waals surface area contributed by atoms with E-state index in [1.54, 1.807) is 15.2 Å². The lowest BCUT2D eigenvalue weighted by molar-refractivity contribution is -0.151. The molecule has 0 radical (unpaired) electrons. The molecule has 3 amide bonds. The maximum Gasteiger partial charge on any atom is 0.321 e. The summed E-state index contributed by atoms with van der Waals surface area (Å²) < 4.78 is 5.44. The number of benzene rings is 1. The Morgan fingerprint density at radius 2 is 2.07 bits per heavy atom. The van der Waals surface area contributed by atoms with Crippen molar-refractivity contribution in [1.29, 1.82) is 0 Å². The van der Waals surface area contributed by atoms with E-state index in [-0.39, 0.29) is 30.4 Å². The summed E-state index contributed by atoms with van der Waals surface area (Å²) >= 11 is 1.34. The van der Waals surface area contributed by atoms with Crippen LogP contribution in [0.4, 0.5) is 15.6 Å². The first-order valence-corrected chi connectivity index (χ1v) is 10.9. The summed E-state index contributed by atoms with van der Waals surface area (Å²) in [4.78, 5) is 44.2. The molecule has 160 valence electrons. The highest BCUT2D eigenvalue weighted by Gasteiger charge is 2.29. The molecule has 0 aliphatic carbocycles. The van der Waals surface area contributed by atoms with Crippen LogP contribution in [-0.2, 0) is 20.9 Å². The molecule has 9 heteroatoms. The van der Waals surface area contributed by atoms with Crippen molar-refractivity contribution in [2.45, 2.75) is 33.3 Å². The van der Waals surface area contributed by atoms with Crippen molar-refractivity contribution >= 4 is 40.1 Å². The minimum absolute atomic E-state index is 0.0531. The number of ether oxygens (including phenoxy) is 1. The third kappa shape index (κ3) is 5.56. The Kier molecular flexibility index (Phi) is 7.40. The summed E-state index contributed by atoms with van der Waals surface area (Å²) in [7, 11) is 0. The number of anilines is 2. The van der Waals surface area contributed by atoms with Crippen molar-refractivity contribution in [2.24, 2.45) is 5.92 Å². The van der Waals surface area contributed by atoms with Crippen molar-refractivity contribution in [3.8, 4) is 0 Å². The fourth-order valence-corrected chi connectivity index (χ4v) is 4.24. The highest BCUT2D eigenvalue weighted by molar-refractivity contribution is 7.14. The minimum Gasteiger partial charge on any atom is -0.459 e. The molecule has 2 heterocycles. The van der Waals surface area contributed by atoms with Crippen LogP contribution in [0.5, 0.6) is 0 Å².